The van der Waals surface area contributed by atoms with Crippen molar-refractivity contribution in [2.45, 2.75) is 40.0 Å². The van der Waals surface area contributed by atoms with Crippen LogP contribution in [0.2, 0.25) is 0 Å². The summed E-state index contributed by atoms with van der Waals surface area (Å²) < 4.78 is 26.0. The normalized spacial score (nSPS) is 12.9. The van der Waals surface area contributed by atoms with Crippen molar-refractivity contribution in [3.8, 4) is 0 Å². The Morgan fingerprint density at radius 1 is 1.26 bits per heavy atom. The largest absolute Gasteiger partial charge is 0.399 e. The summed E-state index contributed by atoms with van der Waals surface area (Å²) in [5.74, 6) is 0. The molecule has 1 saturated carbocycles. The first-order chi connectivity index (χ1) is 9.00. The monoisotopic (exact) mass is 268 g/mol. The minimum atomic E-state index is -2.42. The van der Waals surface area contributed by atoms with Crippen LogP contribution in [0.1, 0.15) is 32.3 Å². The number of anilines is 2. The topological polar surface area (TPSA) is 29.3 Å². The summed E-state index contributed by atoms with van der Waals surface area (Å²) in [5.41, 5.74) is 9.07. The molecule has 0 bridgehead atoms. The Labute approximate surface area is 113 Å². The van der Waals surface area contributed by atoms with E-state index in [1.165, 1.54) is 0 Å². The van der Waals surface area contributed by atoms with Crippen LogP contribution in [0, 0.1) is 6.92 Å². The summed E-state index contributed by atoms with van der Waals surface area (Å²) in [5, 5.41) is 0. The van der Waals surface area contributed by atoms with E-state index in [-0.39, 0.29) is 5.70 Å². The average Bonchev–Trinajstić information content (AvgIpc) is 3.19. The molecule has 1 aromatic rings. The molecule has 4 heteroatoms. The fraction of sp³-hybridized carbons (Fsp3) is 0.467. The lowest BCUT2D eigenvalue weighted by atomic mass is 10.1. The lowest BCUT2D eigenvalue weighted by molar-refractivity contribution is 0.186. The predicted molar refractivity (Wildman–Crippen MR) is 77.6 cm³/mol. The highest BCUT2D eigenvalue weighted by molar-refractivity contribution is 5.61. The van der Waals surface area contributed by atoms with Gasteiger partial charge in [-0.25, -0.2) is 8.78 Å². The van der Waals surface area contributed by atoms with Gasteiger partial charge in [0.2, 0.25) is 0 Å². The molecule has 0 spiro atoms. The third kappa shape index (κ3) is 3.69. The lowest BCUT2D eigenvalue weighted by Gasteiger charge is -2.23. The Bertz CT molecular complexity index is 461. The maximum absolute atomic E-state index is 13.0. The third-order valence-corrected chi connectivity index (χ3v) is 3.07. The van der Waals surface area contributed by atoms with Gasteiger partial charge in [0.15, 0.2) is 0 Å². The lowest BCUT2D eigenvalue weighted by Crippen LogP contribution is -2.22. The van der Waals surface area contributed by atoms with Crippen LogP contribution in [0.4, 0.5) is 20.2 Å². The summed E-state index contributed by atoms with van der Waals surface area (Å²) in [7, 11) is 1.68. The van der Waals surface area contributed by atoms with Gasteiger partial charge in [0.25, 0.3) is 6.43 Å². The van der Waals surface area contributed by atoms with Crippen LogP contribution in [0.25, 0.3) is 0 Å². The molecular weight excluding hydrogens is 246 g/mol. The summed E-state index contributed by atoms with van der Waals surface area (Å²) in [4.78, 5) is 1.57. The zero-order valence-electron chi connectivity index (χ0n) is 12.0. The number of hydrogen-bond acceptors (Lipinski definition) is 2. The van der Waals surface area contributed by atoms with Crippen molar-refractivity contribution < 1.29 is 8.78 Å². The molecule has 1 aliphatic carbocycles. The van der Waals surface area contributed by atoms with Crippen molar-refractivity contribution in [1.29, 1.82) is 0 Å². The van der Waals surface area contributed by atoms with Crippen molar-refractivity contribution in [2.24, 2.45) is 0 Å². The van der Waals surface area contributed by atoms with Crippen molar-refractivity contribution in [1.82, 2.24) is 0 Å². The minimum absolute atomic E-state index is 0.147. The second kappa shape index (κ2) is 6.55. The van der Waals surface area contributed by atoms with Gasteiger partial charge in [-0.15, -0.1) is 0 Å². The molecule has 2 rings (SSSR count). The van der Waals surface area contributed by atoms with Crippen LogP contribution < -0.4 is 10.6 Å². The van der Waals surface area contributed by atoms with Gasteiger partial charge in [-0.1, -0.05) is 13.8 Å². The molecule has 1 aromatic carbocycles. The van der Waals surface area contributed by atoms with Gasteiger partial charge >= 0.3 is 0 Å². The summed E-state index contributed by atoms with van der Waals surface area (Å²) in [6.07, 6.45) is -0.842. The van der Waals surface area contributed by atoms with E-state index in [4.69, 9.17) is 5.73 Å². The molecule has 0 unspecified atom stereocenters. The molecule has 0 aromatic heterocycles. The van der Waals surface area contributed by atoms with Gasteiger partial charge in [0.05, 0.1) is 5.70 Å². The summed E-state index contributed by atoms with van der Waals surface area (Å²) in [6.45, 7) is 5.87. The quantitative estimate of drug-likeness (QED) is 0.826. The maximum Gasteiger partial charge on any atom is 0.278 e. The number of allylic oxidation sites excluding steroid dienone is 2. The number of nitrogens with zero attached hydrogens (tertiary/aromatic N) is 1. The number of nitrogen functional groups attached to an aromatic ring is 1. The van der Waals surface area contributed by atoms with Crippen molar-refractivity contribution >= 4 is 11.4 Å². The molecule has 1 fully saturated rings. The number of halogens is 2. The van der Waals surface area contributed by atoms with E-state index in [0.29, 0.717) is 5.69 Å². The third-order valence-electron chi connectivity index (χ3n) is 3.07. The zero-order valence-corrected chi connectivity index (χ0v) is 12.0. The van der Waals surface area contributed by atoms with E-state index in [1.54, 1.807) is 24.1 Å². The standard InChI is InChI=1S/C13H16F2N2.C2H6/c1-8-7-10(5-6-11(8)16)17(2)12(13(14)15)9-3-4-9;1-2/h5-7,13H,3-4,16H2,1-2H3;1-2H3. The molecule has 0 amide bonds. The van der Waals surface area contributed by atoms with Gasteiger partial charge < -0.3 is 10.6 Å². The van der Waals surface area contributed by atoms with Crippen LogP contribution in [0.15, 0.2) is 29.5 Å². The molecule has 0 heterocycles. The highest BCUT2D eigenvalue weighted by Crippen LogP contribution is 2.37. The molecule has 2 N–H and O–H groups in total. The van der Waals surface area contributed by atoms with Crippen LogP contribution >= 0.6 is 0 Å². The molecule has 0 radical (unpaired) electrons. The van der Waals surface area contributed by atoms with E-state index in [2.05, 4.69) is 0 Å². The van der Waals surface area contributed by atoms with E-state index in [9.17, 15) is 8.78 Å². The maximum atomic E-state index is 13.0. The molecule has 0 atom stereocenters. The molecule has 106 valence electrons. The Kier molecular flexibility index (Phi) is 5.33. The Morgan fingerprint density at radius 3 is 2.26 bits per heavy atom. The first-order valence-electron chi connectivity index (χ1n) is 6.60. The molecular formula is C15H22F2N2. The van der Waals surface area contributed by atoms with Crippen molar-refractivity contribution in [3.05, 3.63) is 35.0 Å². The molecule has 2 nitrogen and oxygen atoms in total. The highest BCUT2D eigenvalue weighted by Gasteiger charge is 2.27. The van der Waals surface area contributed by atoms with E-state index in [0.717, 1.165) is 29.7 Å². The predicted octanol–water partition coefficient (Wildman–Crippen LogP) is 4.35. The first-order valence-corrected chi connectivity index (χ1v) is 6.60. The van der Waals surface area contributed by atoms with Crippen LogP contribution in [0.3, 0.4) is 0 Å². The van der Waals surface area contributed by atoms with Crippen LogP contribution in [-0.4, -0.2) is 13.5 Å². The molecule has 19 heavy (non-hydrogen) atoms. The number of rotatable bonds is 3. The van der Waals surface area contributed by atoms with Crippen molar-refractivity contribution in [3.63, 3.8) is 0 Å². The second-order valence-electron chi connectivity index (χ2n) is 4.39. The van der Waals surface area contributed by atoms with E-state index >= 15 is 0 Å². The Balaban J connectivity index is 0.000000861. The first kappa shape index (κ1) is 15.5. The van der Waals surface area contributed by atoms with Crippen LogP contribution in [0.5, 0.6) is 0 Å². The van der Waals surface area contributed by atoms with Crippen molar-refractivity contribution in [2.75, 3.05) is 17.7 Å². The minimum Gasteiger partial charge on any atom is -0.399 e. The van der Waals surface area contributed by atoms with Gasteiger partial charge in [-0.2, -0.15) is 0 Å². The number of hydrogen-bond donors (Lipinski definition) is 1. The second-order valence-corrected chi connectivity index (χ2v) is 4.39. The fourth-order valence-corrected chi connectivity index (χ4v) is 1.86. The SMILES string of the molecule is CC.Cc1cc(N(C)C(=C2CC2)C(F)F)ccc1N. The summed E-state index contributed by atoms with van der Waals surface area (Å²) in [6, 6.07) is 5.36. The highest BCUT2D eigenvalue weighted by atomic mass is 19.3. The number of nitrogens with two attached hydrogens (primary N) is 1. The molecule has 1 aliphatic rings. The smallest absolute Gasteiger partial charge is 0.278 e. The van der Waals surface area contributed by atoms with Gasteiger partial charge in [0, 0.05) is 18.4 Å². The van der Waals surface area contributed by atoms with Gasteiger partial charge in [-0.05, 0) is 49.1 Å². The van der Waals surface area contributed by atoms with Gasteiger partial charge in [0.1, 0.15) is 0 Å². The van der Waals surface area contributed by atoms with E-state index in [1.807, 2.05) is 26.8 Å². The number of aryl methyl sites for hydroxylation is 1. The number of alkyl halides is 2. The molecule has 0 aliphatic heterocycles. The van der Waals surface area contributed by atoms with Gasteiger partial charge in [-0.3, -0.25) is 0 Å². The zero-order chi connectivity index (χ0) is 14.6. The van der Waals surface area contributed by atoms with E-state index < -0.39 is 6.43 Å². The summed E-state index contributed by atoms with van der Waals surface area (Å²) >= 11 is 0. The number of benzene rings is 1. The van der Waals surface area contributed by atoms with Crippen LogP contribution in [-0.2, 0) is 0 Å². The molecule has 0 saturated heterocycles. The Morgan fingerprint density at radius 2 is 1.84 bits per heavy atom. The fourth-order valence-electron chi connectivity index (χ4n) is 1.86. The Hall–Kier alpha value is -1.58. The average molecular weight is 268 g/mol.